The van der Waals surface area contributed by atoms with Gasteiger partial charge in [-0.15, -0.1) is 0 Å². The van der Waals surface area contributed by atoms with Crippen molar-refractivity contribution in [3.8, 4) is 0 Å². The van der Waals surface area contributed by atoms with E-state index in [1.165, 1.54) is 0 Å². The van der Waals surface area contributed by atoms with E-state index >= 15 is 0 Å². The topological polar surface area (TPSA) is 142 Å². The maximum absolute atomic E-state index is 12.1. The lowest BCUT2D eigenvalue weighted by Gasteiger charge is -2.25. The van der Waals surface area contributed by atoms with Gasteiger partial charge in [-0.2, -0.15) is 0 Å². The molecule has 0 bridgehead atoms. The summed E-state index contributed by atoms with van der Waals surface area (Å²) in [5.41, 5.74) is 0. The molecule has 8 aliphatic carbocycles. The first-order valence-corrected chi connectivity index (χ1v) is 22.6. The van der Waals surface area contributed by atoms with E-state index in [-0.39, 0.29) is 119 Å². The van der Waals surface area contributed by atoms with E-state index in [2.05, 4.69) is 48.6 Å². The Morgan fingerprint density at radius 1 is 0.350 bits per heavy atom. The molecule has 4 aliphatic heterocycles. The molecule has 12 aliphatic rings. The summed E-state index contributed by atoms with van der Waals surface area (Å²) < 4.78 is 46.0. The molecule has 0 radical (unpaired) electrons. The van der Waals surface area contributed by atoms with Gasteiger partial charge in [0.25, 0.3) is 0 Å². The fourth-order valence-corrected chi connectivity index (χ4v) is 12.1. The predicted molar refractivity (Wildman–Crippen MR) is 217 cm³/mol. The van der Waals surface area contributed by atoms with Crippen LogP contribution in [0.3, 0.4) is 0 Å². The summed E-state index contributed by atoms with van der Waals surface area (Å²) in [5.74, 6) is 0.168. The summed E-state index contributed by atoms with van der Waals surface area (Å²) in [4.78, 5) is 48.3. The van der Waals surface area contributed by atoms with Gasteiger partial charge in [-0.3, -0.25) is 19.2 Å². The Morgan fingerprint density at radius 3 is 0.750 bits per heavy atom. The number of carbonyl (C=O) groups is 4. The highest BCUT2D eigenvalue weighted by molar-refractivity contribution is 5.91. The summed E-state index contributed by atoms with van der Waals surface area (Å²) in [6.07, 6.45) is 23.6. The highest BCUT2D eigenvalue weighted by Gasteiger charge is 2.61. The van der Waals surface area contributed by atoms with Gasteiger partial charge in [-0.25, -0.2) is 0 Å². The maximum Gasteiger partial charge on any atom is 0.168 e. The van der Waals surface area contributed by atoms with Crippen LogP contribution in [0.1, 0.15) is 107 Å². The minimum atomic E-state index is -0.596. The van der Waals surface area contributed by atoms with Gasteiger partial charge in [0.1, 0.15) is 48.8 Å². The Hall–Kier alpha value is -2.68. The first-order chi connectivity index (χ1) is 28.3. The average molecular weight is 833 g/mol. The second kappa shape index (κ2) is 15.5. The molecule has 328 valence electrons. The molecule has 0 amide bonds. The monoisotopic (exact) mass is 832 g/mol. The minimum Gasteiger partial charge on any atom is -0.343 e. The molecule has 0 aromatic rings. The van der Waals surface area contributed by atoms with Crippen LogP contribution in [-0.4, -0.2) is 95.1 Å². The number of hydrogen-bond donors (Lipinski definition) is 0. The van der Waals surface area contributed by atoms with Gasteiger partial charge >= 0.3 is 0 Å². The lowest BCUT2D eigenvalue weighted by Crippen LogP contribution is -2.29. The molecular weight excluding hydrogens is 769 g/mol. The van der Waals surface area contributed by atoms with Crippen LogP contribution in [-0.2, 0) is 57.1 Å². The fraction of sp³-hybridized carbons (Fsp3) is 0.750. The number of carbonyl (C=O) groups excluding carboxylic acids is 4. The molecule has 0 N–H and O–H groups in total. The van der Waals surface area contributed by atoms with Crippen LogP contribution in [0, 0.1) is 47.3 Å². The number of ketones is 4. The van der Waals surface area contributed by atoms with Crippen molar-refractivity contribution in [2.45, 2.75) is 179 Å². The molecule has 4 saturated carbocycles. The Morgan fingerprint density at radius 2 is 0.550 bits per heavy atom. The number of ether oxygens (including phenoxy) is 8. The molecular formula is C48H64O12. The van der Waals surface area contributed by atoms with Gasteiger partial charge in [0, 0.05) is 47.3 Å². The summed E-state index contributed by atoms with van der Waals surface area (Å²) >= 11 is 0. The average Bonchev–Trinajstić information content (AvgIpc) is 4.07. The molecule has 0 aromatic carbocycles. The molecule has 12 nitrogen and oxygen atoms in total. The third-order valence-corrected chi connectivity index (χ3v) is 14.5. The van der Waals surface area contributed by atoms with Gasteiger partial charge in [0.15, 0.2) is 46.3 Å². The molecule has 0 unspecified atom stereocenters. The lowest BCUT2D eigenvalue weighted by atomic mass is 9.85. The standard InChI is InChI=1S/4C12H16O3/c4*1-12(2)14-10-8-6-4-3-5-7(8)9(13)11(10)15-12/h4*4,6-8,10-11H,3,5H2,1-2H3/t4*7-,8+,10-,11+/m1111/s1. The molecule has 4 heterocycles. The van der Waals surface area contributed by atoms with E-state index in [1.54, 1.807) is 0 Å². The van der Waals surface area contributed by atoms with Crippen LogP contribution in [0.2, 0.25) is 0 Å². The summed E-state index contributed by atoms with van der Waals surface area (Å²) in [5, 5.41) is 0. The zero-order valence-corrected chi connectivity index (χ0v) is 36.4. The molecule has 4 saturated heterocycles. The fourth-order valence-electron chi connectivity index (χ4n) is 12.1. The van der Waals surface area contributed by atoms with Gasteiger partial charge in [-0.1, -0.05) is 48.6 Å². The first-order valence-electron chi connectivity index (χ1n) is 22.6. The Bertz CT molecular complexity index is 1590. The molecule has 60 heavy (non-hydrogen) atoms. The number of Topliss-reactive ketones (excluding diaryl/α,β-unsaturated/α-hetero) is 4. The lowest BCUT2D eigenvalue weighted by molar-refractivity contribution is -0.166. The molecule has 12 rings (SSSR count). The Kier molecular flexibility index (Phi) is 11.0. The third kappa shape index (κ3) is 7.73. The van der Waals surface area contributed by atoms with Gasteiger partial charge in [0.05, 0.1) is 0 Å². The second-order valence-corrected chi connectivity index (χ2v) is 20.4. The van der Waals surface area contributed by atoms with Crippen molar-refractivity contribution in [3.05, 3.63) is 48.6 Å². The van der Waals surface area contributed by atoms with E-state index in [1.807, 2.05) is 55.4 Å². The van der Waals surface area contributed by atoms with Crippen LogP contribution in [0.25, 0.3) is 0 Å². The van der Waals surface area contributed by atoms with E-state index < -0.39 is 23.1 Å². The highest BCUT2D eigenvalue weighted by Crippen LogP contribution is 2.49. The second-order valence-electron chi connectivity index (χ2n) is 20.4. The van der Waals surface area contributed by atoms with Crippen LogP contribution >= 0.6 is 0 Å². The predicted octanol–water partition coefficient (Wildman–Crippen LogP) is 6.69. The number of allylic oxidation sites excluding steroid dienone is 4. The molecule has 16 atom stereocenters. The quantitative estimate of drug-likeness (QED) is 0.240. The summed E-state index contributed by atoms with van der Waals surface area (Å²) in [6.45, 7) is 15.0. The van der Waals surface area contributed by atoms with Crippen molar-refractivity contribution in [1.82, 2.24) is 0 Å². The van der Waals surface area contributed by atoms with Gasteiger partial charge in [-0.05, 0) is 107 Å². The van der Waals surface area contributed by atoms with Gasteiger partial charge in [0.2, 0.25) is 0 Å². The third-order valence-electron chi connectivity index (χ3n) is 14.5. The summed E-state index contributed by atoms with van der Waals surface area (Å²) in [6, 6.07) is 0. The zero-order chi connectivity index (χ0) is 42.5. The van der Waals surface area contributed by atoms with E-state index in [0.717, 1.165) is 51.4 Å². The summed E-state index contributed by atoms with van der Waals surface area (Å²) in [7, 11) is 0. The van der Waals surface area contributed by atoms with Crippen molar-refractivity contribution in [1.29, 1.82) is 0 Å². The smallest absolute Gasteiger partial charge is 0.168 e. The molecule has 12 heteroatoms. The molecule has 8 fully saturated rings. The van der Waals surface area contributed by atoms with Crippen LogP contribution in [0.4, 0.5) is 0 Å². The van der Waals surface area contributed by atoms with Crippen molar-refractivity contribution >= 4 is 23.1 Å². The van der Waals surface area contributed by atoms with Crippen LogP contribution in [0.15, 0.2) is 48.6 Å². The van der Waals surface area contributed by atoms with E-state index in [4.69, 9.17) is 37.9 Å². The molecule has 0 aromatic heterocycles. The van der Waals surface area contributed by atoms with Crippen molar-refractivity contribution in [2.24, 2.45) is 47.3 Å². The van der Waals surface area contributed by atoms with Crippen molar-refractivity contribution in [2.75, 3.05) is 0 Å². The minimum absolute atomic E-state index is 0.0472. The van der Waals surface area contributed by atoms with Crippen molar-refractivity contribution in [3.63, 3.8) is 0 Å². The normalized spacial score (nSPS) is 46.7. The largest absolute Gasteiger partial charge is 0.343 e. The Balaban J connectivity index is 0.000000103. The SMILES string of the molecule is CC1(C)O[C@@H]2[C@H]3C=CCC[C@H]3C(=O)[C@@H]2O1.CC1(C)O[C@@H]2[C@H]3C=CCC[C@H]3C(=O)[C@@H]2O1.CC1(C)O[C@@H]2[C@H]3C=CCC[C@H]3C(=O)[C@@H]2O1.CC1(C)O[C@@H]2[C@H]3C=CCC[C@H]3C(=O)[C@@H]2O1. The maximum atomic E-state index is 12.1. The highest BCUT2D eigenvalue weighted by atomic mass is 16.8. The van der Waals surface area contributed by atoms with E-state index in [9.17, 15) is 19.2 Å². The molecule has 0 spiro atoms. The van der Waals surface area contributed by atoms with Crippen LogP contribution < -0.4 is 0 Å². The number of hydrogen-bond acceptors (Lipinski definition) is 12. The van der Waals surface area contributed by atoms with Gasteiger partial charge < -0.3 is 37.9 Å². The zero-order valence-electron chi connectivity index (χ0n) is 36.4. The number of fused-ring (bicyclic) bond motifs is 12. The van der Waals surface area contributed by atoms with Crippen molar-refractivity contribution < 1.29 is 57.1 Å². The number of rotatable bonds is 0. The first kappa shape index (κ1) is 42.6. The van der Waals surface area contributed by atoms with E-state index in [0.29, 0.717) is 0 Å². The van der Waals surface area contributed by atoms with Crippen LogP contribution in [0.5, 0.6) is 0 Å². The Labute approximate surface area is 354 Å².